The Balaban J connectivity index is 2.38. The van der Waals surface area contributed by atoms with Crippen LogP contribution in [0, 0.1) is 11.8 Å². The Morgan fingerprint density at radius 3 is 2.29 bits per heavy atom. The van der Waals surface area contributed by atoms with Crippen molar-refractivity contribution in [2.45, 2.75) is 52.0 Å². The molecule has 0 radical (unpaired) electrons. The van der Waals surface area contributed by atoms with Crippen molar-refractivity contribution in [3.05, 3.63) is 0 Å². The van der Waals surface area contributed by atoms with E-state index < -0.39 is 17.9 Å². The summed E-state index contributed by atoms with van der Waals surface area (Å²) in [7, 11) is 0. The number of hydrogen-bond acceptors (Lipinski definition) is 4. The molecule has 0 heterocycles. The van der Waals surface area contributed by atoms with Gasteiger partial charge in [-0.1, -0.05) is 33.1 Å². The zero-order valence-corrected chi connectivity index (χ0v) is 10.4. The molecule has 0 bridgehead atoms. The van der Waals surface area contributed by atoms with Gasteiger partial charge in [-0.05, 0) is 18.8 Å². The van der Waals surface area contributed by atoms with Crippen LogP contribution in [-0.4, -0.2) is 23.1 Å². The van der Waals surface area contributed by atoms with Crippen molar-refractivity contribution < 1.29 is 19.5 Å². The average molecular weight is 243 g/mol. The Bertz CT molecular complexity index is 272. The second-order valence-corrected chi connectivity index (χ2v) is 4.93. The molecule has 0 aromatic carbocycles. The summed E-state index contributed by atoms with van der Waals surface area (Å²) in [4.78, 5) is 27.4. The molecule has 0 aromatic rings. The number of carbonyl (C=O) groups is 2. The monoisotopic (exact) mass is 243 g/mol. The lowest BCUT2D eigenvalue weighted by molar-refractivity contribution is -0.168. The highest BCUT2D eigenvalue weighted by atomic mass is 16.7. The summed E-state index contributed by atoms with van der Waals surface area (Å²) < 4.78 is 0. The van der Waals surface area contributed by atoms with Crippen LogP contribution in [0.25, 0.3) is 0 Å². The SMILES string of the molecule is CC(C)[C@@H](C(=O)O)C(=O)ONC1CCCCC1. The van der Waals surface area contributed by atoms with E-state index in [4.69, 9.17) is 9.94 Å². The first-order valence-electron chi connectivity index (χ1n) is 6.21. The third-order valence-corrected chi connectivity index (χ3v) is 3.12. The Labute approximate surface area is 101 Å². The summed E-state index contributed by atoms with van der Waals surface area (Å²) in [6.07, 6.45) is 5.43. The number of aliphatic carboxylic acids is 1. The fraction of sp³-hybridized carbons (Fsp3) is 0.833. The van der Waals surface area contributed by atoms with Crippen molar-refractivity contribution in [2.24, 2.45) is 11.8 Å². The maximum Gasteiger partial charge on any atom is 0.339 e. The molecule has 0 saturated heterocycles. The fourth-order valence-electron chi connectivity index (χ4n) is 2.08. The van der Waals surface area contributed by atoms with E-state index >= 15 is 0 Å². The molecule has 17 heavy (non-hydrogen) atoms. The first-order valence-corrected chi connectivity index (χ1v) is 6.21. The average Bonchev–Trinajstić information content (AvgIpc) is 2.27. The van der Waals surface area contributed by atoms with Gasteiger partial charge in [-0.3, -0.25) is 4.79 Å². The highest BCUT2D eigenvalue weighted by Crippen LogP contribution is 2.18. The van der Waals surface area contributed by atoms with Gasteiger partial charge in [0.05, 0.1) is 0 Å². The summed E-state index contributed by atoms with van der Waals surface area (Å²) in [5.74, 6) is -3.19. The van der Waals surface area contributed by atoms with Gasteiger partial charge in [-0.25, -0.2) is 4.79 Å². The zero-order chi connectivity index (χ0) is 12.8. The highest BCUT2D eigenvalue weighted by Gasteiger charge is 2.32. The topological polar surface area (TPSA) is 75.6 Å². The van der Waals surface area contributed by atoms with Crippen molar-refractivity contribution in [1.29, 1.82) is 0 Å². The second-order valence-electron chi connectivity index (χ2n) is 4.93. The van der Waals surface area contributed by atoms with E-state index in [0.29, 0.717) is 0 Å². The van der Waals surface area contributed by atoms with E-state index in [2.05, 4.69) is 5.48 Å². The molecule has 0 aromatic heterocycles. The van der Waals surface area contributed by atoms with Gasteiger partial charge in [0.2, 0.25) is 0 Å². The van der Waals surface area contributed by atoms with Gasteiger partial charge in [0.25, 0.3) is 0 Å². The predicted molar refractivity (Wildman–Crippen MR) is 62.1 cm³/mol. The molecule has 0 unspecified atom stereocenters. The molecule has 98 valence electrons. The number of carbonyl (C=O) groups excluding carboxylic acids is 1. The van der Waals surface area contributed by atoms with Crippen molar-refractivity contribution in [3.63, 3.8) is 0 Å². The summed E-state index contributed by atoms with van der Waals surface area (Å²) in [6, 6.07) is 0.175. The number of carboxylic acids is 1. The molecule has 5 nitrogen and oxygen atoms in total. The molecule has 1 aliphatic carbocycles. The van der Waals surface area contributed by atoms with Crippen LogP contribution < -0.4 is 5.48 Å². The molecule has 1 rings (SSSR count). The molecule has 5 heteroatoms. The van der Waals surface area contributed by atoms with Gasteiger partial charge < -0.3 is 9.94 Å². The van der Waals surface area contributed by atoms with E-state index in [1.54, 1.807) is 13.8 Å². The van der Waals surface area contributed by atoms with Crippen LogP contribution in [0.15, 0.2) is 0 Å². The van der Waals surface area contributed by atoms with Crippen LogP contribution in [0.4, 0.5) is 0 Å². The molecule has 1 fully saturated rings. The van der Waals surface area contributed by atoms with Gasteiger partial charge in [0, 0.05) is 6.04 Å². The summed E-state index contributed by atoms with van der Waals surface area (Å²) in [6.45, 7) is 3.39. The Morgan fingerprint density at radius 1 is 1.24 bits per heavy atom. The number of hydroxylamine groups is 1. The van der Waals surface area contributed by atoms with E-state index in [9.17, 15) is 9.59 Å². The molecule has 0 aliphatic heterocycles. The third-order valence-electron chi connectivity index (χ3n) is 3.12. The van der Waals surface area contributed by atoms with Gasteiger partial charge in [-0.15, -0.1) is 0 Å². The first kappa shape index (κ1) is 14.0. The van der Waals surface area contributed by atoms with Gasteiger partial charge >= 0.3 is 11.9 Å². The summed E-state index contributed by atoms with van der Waals surface area (Å²) in [5, 5.41) is 8.92. The van der Waals surface area contributed by atoms with Gasteiger partial charge in [0.15, 0.2) is 5.92 Å². The van der Waals surface area contributed by atoms with Crippen LogP contribution in [-0.2, 0) is 14.4 Å². The van der Waals surface area contributed by atoms with E-state index in [1.807, 2.05) is 0 Å². The van der Waals surface area contributed by atoms with Crippen molar-refractivity contribution in [2.75, 3.05) is 0 Å². The van der Waals surface area contributed by atoms with Gasteiger partial charge in [0.1, 0.15) is 0 Å². The molecule has 2 N–H and O–H groups in total. The molecule has 1 aliphatic rings. The van der Waals surface area contributed by atoms with Crippen LogP contribution in [0.1, 0.15) is 46.0 Å². The normalized spacial score (nSPS) is 19.0. The minimum absolute atomic E-state index is 0.175. The summed E-state index contributed by atoms with van der Waals surface area (Å²) in [5.41, 5.74) is 2.70. The molecule has 1 atom stereocenters. The Morgan fingerprint density at radius 2 is 1.82 bits per heavy atom. The van der Waals surface area contributed by atoms with Gasteiger partial charge in [-0.2, -0.15) is 5.48 Å². The third kappa shape index (κ3) is 4.34. The molecule has 1 saturated carbocycles. The van der Waals surface area contributed by atoms with Crippen molar-refractivity contribution >= 4 is 11.9 Å². The molecular formula is C12H21NO4. The van der Waals surface area contributed by atoms with Crippen LogP contribution in [0.5, 0.6) is 0 Å². The highest BCUT2D eigenvalue weighted by molar-refractivity contribution is 5.94. The maximum absolute atomic E-state index is 11.6. The molecular weight excluding hydrogens is 222 g/mol. The lowest BCUT2D eigenvalue weighted by Gasteiger charge is -2.23. The van der Waals surface area contributed by atoms with Crippen molar-refractivity contribution in [3.8, 4) is 0 Å². The first-order chi connectivity index (χ1) is 8.02. The largest absolute Gasteiger partial charge is 0.481 e. The minimum Gasteiger partial charge on any atom is -0.481 e. The number of rotatable bonds is 5. The van der Waals surface area contributed by atoms with E-state index in [-0.39, 0.29) is 12.0 Å². The number of carboxylic acid groups (broad SMARTS) is 1. The zero-order valence-electron chi connectivity index (χ0n) is 10.4. The van der Waals surface area contributed by atoms with Crippen LogP contribution >= 0.6 is 0 Å². The smallest absolute Gasteiger partial charge is 0.339 e. The van der Waals surface area contributed by atoms with E-state index in [0.717, 1.165) is 25.7 Å². The Kier molecular flexibility index (Phi) is 5.41. The van der Waals surface area contributed by atoms with E-state index in [1.165, 1.54) is 6.42 Å². The fourth-order valence-corrected chi connectivity index (χ4v) is 2.08. The van der Waals surface area contributed by atoms with Crippen molar-refractivity contribution in [1.82, 2.24) is 5.48 Å². The predicted octanol–water partition coefficient (Wildman–Crippen LogP) is 1.72. The van der Waals surface area contributed by atoms with Crippen LogP contribution in [0.3, 0.4) is 0 Å². The maximum atomic E-state index is 11.6. The quantitative estimate of drug-likeness (QED) is 0.568. The number of hydrogen-bond donors (Lipinski definition) is 2. The van der Waals surface area contributed by atoms with Crippen LogP contribution in [0.2, 0.25) is 0 Å². The molecule has 0 amide bonds. The minimum atomic E-state index is -1.13. The number of nitrogens with one attached hydrogen (secondary N) is 1. The lowest BCUT2D eigenvalue weighted by Crippen LogP contribution is -2.38. The molecule has 0 spiro atoms. The lowest BCUT2D eigenvalue weighted by atomic mass is 9.96. The Hall–Kier alpha value is -1.10. The standard InChI is InChI=1S/C12H21NO4/c1-8(2)10(11(14)15)12(16)17-13-9-6-4-3-5-7-9/h8-10,13H,3-7H2,1-2H3,(H,14,15)/t10-/m0/s1. The summed E-state index contributed by atoms with van der Waals surface area (Å²) >= 11 is 0. The second kappa shape index (κ2) is 6.59.